The number of carbonyl (C=O) groups excluding carboxylic acids is 1. The van der Waals surface area contributed by atoms with Crippen molar-refractivity contribution in [1.82, 2.24) is 4.72 Å². The van der Waals surface area contributed by atoms with Crippen molar-refractivity contribution in [1.29, 1.82) is 0 Å². The number of carbonyl (C=O) groups is 1. The predicted molar refractivity (Wildman–Crippen MR) is 60.5 cm³/mol. The van der Waals surface area contributed by atoms with Crippen LogP contribution in [0.3, 0.4) is 0 Å². The first kappa shape index (κ1) is 12.2. The van der Waals surface area contributed by atoms with Crippen LogP contribution >= 0.6 is 11.3 Å². The van der Waals surface area contributed by atoms with Gasteiger partial charge in [-0.2, -0.15) is 11.3 Å². The number of thiophene rings is 1. The maximum Gasteiger partial charge on any atom is 0.265 e. The Morgan fingerprint density at radius 2 is 2.27 bits per heavy atom. The van der Waals surface area contributed by atoms with E-state index in [1.165, 1.54) is 11.3 Å². The Bertz CT molecular complexity index is 422. The van der Waals surface area contributed by atoms with E-state index in [-0.39, 0.29) is 0 Å². The summed E-state index contributed by atoms with van der Waals surface area (Å²) in [4.78, 5) is 11.5. The smallest absolute Gasteiger partial charge is 0.265 e. The summed E-state index contributed by atoms with van der Waals surface area (Å²) < 4.78 is 25.1. The zero-order valence-corrected chi connectivity index (χ0v) is 10.2. The summed E-state index contributed by atoms with van der Waals surface area (Å²) >= 11 is 1.35. The summed E-state index contributed by atoms with van der Waals surface area (Å²) in [6, 6.07) is 1.59. The van der Waals surface area contributed by atoms with Crippen molar-refractivity contribution in [3.63, 3.8) is 0 Å². The Labute approximate surface area is 93.4 Å². The van der Waals surface area contributed by atoms with Crippen LogP contribution in [0.4, 0.5) is 0 Å². The predicted octanol–water partition coefficient (Wildman–Crippen LogP) is 1.61. The van der Waals surface area contributed by atoms with E-state index in [0.29, 0.717) is 12.0 Å². The van der Waals surface area contributed by atoms with Gasteiger partial charge in [-0.05, 0) is 24.8 Å². The molecule has 15 heavy (non-hydrogen) atoms. The van der Waals surface area contributed by atoms with Gasteiger partial charge in [0, 0.05) is 5.38 Å². The lowest BCUT2D eigenvalue weighted by Crippen LogP contribution is -2.36. The fourth-order valence-electron chi connectivity index (χ4n) is 0.902. The molecule has 1 aromatic rings. The number of sulfonamides is 1. The number of amides is 1. The molecule has 0 spiro atoms. The van der Waals surface area contributed by atoms with Gasteiger partial charge in [-0.25, -0.2) is 13.1 Å². The fraction of sp³-hybridized carbons (Fsp3) is 0.444. The Hall–Kier alpha value is -0.880. The molecule has 0 radical (unpaired) electrons. The zero-order valence-electron chi connectivity index (χ0n) is 8.56. The first-order chi connectivity index (χ1) is 6.97. The molecular formula is C9H13NO3S2. The highest BCUT2D eigenvalue weighted by molar-refractivity contribution is 7.90. The van der Waals surface area contributed by atoms with Crippen molar-refractivity contribution in [2.75, 3.05) is 0 Å². The quantitative estimate of drug-likeness (QED) is 0.879. The molecule has 0 aliphatic rings. The average molecular weight is 247 g/mol. The standard InChI is InChI=1S/C9H13NO3S2/c1-3-7(2)15(12,13)10-9(11)8-4-5-14-6-8/h4-7H,3H2,1-2H3,(H,10,11). The monoisotopic (exact) mass is 247 g/mol. The first-order valence-corrected chi connectivity index (χ1v) is 7.04. The number of nitrogens with one attached hydrogen (secondary N) is 1. The van der Waals surface area contributed by atoms with Crippen LogP contribution in [0.1, 0.15) is 30.6 Å². The van der Waals surface area contributed by atoms with E-state index in [9.17, 15) is 13.2 Å². The van der Waals surface area contributed by atoms with E-state index in [0.717, 1.165) is 0 Å². The second kappa shape index (κ2) is 4.76. The van der Waals surface area contributed by atoms with Gasteiger partial charge < -0.3 is 0 Å². The summed E-state index contributed by atoms with van der Waals surface area (Å²) in [5, 5.41) is 2.78. The lowest BCUT2D eigenvalue weighted by atomic mass is 10.3. The Morgan fingerprint density at radius 3 is 2.73 bits per heavy atom. The SMILES string of the molecule is CCC(C)S(=O)(=O)NC(=O)c1ccsc1. The first-order valence-electron chi connectivity index (χ1n) is 4.55. The second-order valence-electron chi connectivity index (χ2n) is 3.21. The van der Waals surface area contributed by atoms with Crippen LogP contribution in [-0.4, -0.2) is 19.6 Å². The molecule has 0 saturated heterocycles. The largest absolute Gasteiger partial charge is 0.268 e. The van der Waals surface area contributed by atoms with E-state index < -0.39 is 21.2 Å². The molecule has 0 aliphatic carbocycles. The molecule has 4 nitrogen and oxygen atoms in total. The lowest BCUT2D eigenvalue weighted by Gasteiger charge is -2.10. The third-order valence-electron chi connectivity index (χ3n) is 2.12. The summed E-state index contributed by atoms with van der Waals surface area (Å²) in [6.07, 6.45) is 0.478. The van der Waals surface area contributed by atoms with Crippen LogP contribution in [-0.2, 0) is 10.0 Å². The molecule has 0 bridgehead atoms. The van der Waals surface area contributed by atoms with E-state index in [1.807, 2.05) is 4.72 Å². The van der Waals surface area contributed by atoms with Gasteiger partial charge in [0.05, 0.1) is 10.8 Å². The molecule has 0 aromatic carbocycles. The highest BCUT2D eigenvalue weighted by Crippen LogP contribution is 2.08. The van der Waals surface area contributed by atoms with E-state index in [2.05, 4.69) is 0 Å². The molecule has 1 rings (SSSR count). The van der Waals surface area contributed by atoms with Crippen molar-refractivity contribution in [3.05, 3.63) is 22.4 Å². The minimum atomic E-state index is -3.53. The number of hydrogen-bond acceptors (Lipinski definition) is 4. The molecule has 1 atom stereocenters. The normalized spacial score (nSPS) is 13.5. The summed E-state index contributed by atoms with van der Waals surface area (Å²) in [5.74, 6) is -0.559. The minimum Gasteiger partial charge on any atom is -0.268 e. The minimum absolute atomic E-state index is 0.381. The molecule has 1 heterocycles. The molecule has 84 valence electrons. The number of hydrogen-bond donors (Lipinski definition) is 1. The molecule has 0 saturated carbocycles. The van der Waals surface area contributed by atoms with Crippen molar-refractivity contribution in [2.24, 2.45) is 0 Å². The molecule has 1 unspecified atom stereocenters. The summed E-state index contributed by atoms with van der Waals surface area (Å²) in [7, 11) is -3.53. The van der Waals surface area contributed by atoms with Crippen LogP contribution in [0, 0.1) is 0 Å². The highest BCUT2D eigenvalue weighted by atomic mass is 32.2. The molecular weight excluding hydrogens is 234 g/mol. The van der Waals surface area contributed by atoms with Gasteiger partial charge in [-0.3, -0.25) is 4.79 Å². The second-order valence-corrected chi connectivity index (χ2v) is 6.09. The topological polar surface area (TPSA) is 63.2 Å². The van der Waals surface area contributed by atoms with Gasteiger partial charge in [-0.1, -0.05) is 6.92 Å². The van der Waals surface area contributed by atoms with Gasteiger partial charge in [-0.15, -0.1) is 0 Å². The third-order valence-corrected chi connectivity index (χ3v) is 4.67. The van der Waals surface area contributed by atoms with E-state index in [4.69, 9.17) is 0 Å². The molecule has 1 amide bonds. The van der Waals surface area contributed by atoms with Gasteiger partial charge >= 0.3 is 0 Å². The van der Waals surface area contributed by atoms with Crippen LogP contribution in [0.15, 0.2) is 16.8 Å². The van der Waals surface area contributed by atoms with Crippen molar-refractivity contribution < 1.29 is 13.2 Å². The maximum absolute atomic E-state index is 11.5. The fourth-order valence-corrected chi connectivity index (χ4v) is 2.55. The van der Waals surface area contributed by atoms with E-state index in [1.54, 1.807) is 30.7 Å². The molecule has 0 fully saturated rings. The molecule has 1 aromatic heterocycles. The Balaban J connectivity index is 2.75. The zero-order chi connectivity index (χ0) is 11.5. The molecule has 6 heteroatoms. The van der Waals surface area contributed by atoms with Gasteiger partial charge in [0.2, 0.25) is 10.0 Å². The van der Waals surface area contributed by atoms with Crippen LogP contribution in [0.5, 0.6) is 0 Å². The van der Waals surface area contributed by atoms with Crippen molar-refractivity contribution >= 4 is 27.3 Å². The van der Waals surface area contributed by atoms with Crippen molar-refractivity contribution in [2.45, 2.75) is 25.5 Å². The molecule has 0 aliphatic heterocycles. The van der Waals surface area contributed by atoms with Crippen molar-refractivity contribution in [3.8, 4) is 0 Å². The molecule has 1 N–H and O–H groups in total. The van der Waals surface area contributed by atoms with Crippen LogP contribution in [0.2, 0.25) is 0 Å². The lowest BCUT2D eigenvalue weighted by molar-refractivity contribution is 0.0981. The van der Waals surface area contributed by atoms with Gasteiger partial charge in [0.25, 0.3) is 5.91 Å². The highest BCUT2D eigenvalue weighted by Gasteiger charge is 2.22. The Morgan fingerprint density at radius 1 is 1.60 bits per heavy atom. The third kappa shape index (κ3) is 3.04. The summed E-state index contributed by atoms with van der Waals surface area (Å²) in [6.45, 7) is 3.34. The van der Waals surface area contributed by atoms with Crippen LogP contribution < -0.4 is 4.72 Å². The maximum atomic E-state index is 11.5. The van der Waals surface area contributed by atoms with Gasteiger partial charge in [0.15, 0.2) is 0 Å². The average Bonchev–Trinajstić information content (AvgIpc) is 2.68. The van der Waals surface area contributed by atoms with Crippen LogP contribution in [0.25, 0.3) is 0 Å². The van der Waals surface area contributed by atoms with Gasteiger partial charge in [0.1, 0.15) is 0 Å². The Kier molecular flexibility index (Phi) is 3.87. The van der Waals surface area contributed by atoms with E-state index >= 15 is 0 Å². The summed E-state index contributed by atoms with van der Waals surface area (Å²) in [5.41, 5.74) is 0.381. The number of rotatable bonds is 4.